The zero-order valence-corrected chi connectivity index (χ0v) is 12.6. The molecule has 4 nitrogen and oxygen atoms in total. The largest absolute Gasteiger partial charge is 0.491 e. The highest BCUT2D eigenvalue weighted by Gasteiger charge is 2.12. The number of aliphatic hydroxyl groups is 1. The first-order chi connectivity index (χ1) is 11.0. The monoisotopic (exact) mass is 321 g/mol. The molecule has 2 aromatic carbocycles. The number of aryl methyl sites for hydroxylation is 1. The Morgan fingerprint density at radius 1 is 1.22 bits per heavy atom. The van der Waals surface area contributed by atoms with E-state index in [9.17, 15) is 18.7 Å². The Morgan fingerprint density at radius 3 is 2.70 bits per heavy atom. The summed E-state index contributed by atoms with van der Waals surface area (Å²) in [6.45, 7) is 1.86. The number of carbonyl (C=O) groups is 1. The Hall–Kier alpha value is -2.47. The van der Waals surface area contributed by atoms with E-state index in [4.69, 9.17) is 4.74 Å². The summed E-state index contributed by atoms with van der Waals surface area (Å²) in [4.78, 5) is 11.8. The minimum atomic E-state index is -1.10. The molecule has 0 aromatic heterocycles. The van der Waals surface area contributed by atoms with Gasteiger partial charge >= 0.3 is 0 Å². The summed E-state index contributed by atoms with van der Waals surface area (Å²) in [5.41, 5.74) is 1.01. The normalized spacial score (nSPS) is 11.8. The van der Waals surface area contributed by atoms with Gasteiger partial charge in [-0.1, -0.05) is 12.1 Å². The molecule has 0 saturated heterocycles. The zero-order valence-electron chi connectivity index (χ0n) is 12.6. The van der Waals surface area contributed by atoms with E-state index in [-0.39, 0.29) is 18.7 Å². The number of halogens is 2. The third-order valence-corrected chi connectivity index (χ3v) is 3.11. The van der Waals surface area contributed by atoms with E-state index in [0.29, 0.717) is 5.75 Å². The maximum absolute atomic E-state index is 13.1. The number of amides is 1. The molecule has 2 N–H and O–H groups in total. The molecular weight excluding hydrogens is 304 g/mol. The fraction of sp³-hybridized carbons (Fsp3) is 0.235. The van der Waals surface area contributed by atoms with Crippen molar-refractivity contribution < 1.29 is 23.4 Å². The first kappa shape index (κ1) is 16.9. The highest BCUT2D eigenvalue weighted by molar-refractivity contribution is 5.94. The van der Waals surface area contributed by atoms with Crippen molar-refractivity contribution in [1.82, 2.24) is 5.32 Å². The molecule has 0 fully saturated rings. The molecule has 0 aliphatic carbocycles. The van der Waals surface area contributed by atoms with Crippen LogP contribution in [-0.4, -0.2) is 30.3 Å². The molecule has 1 atom stereocenters. The van der Waals surface area contributed by atoms with Crippen LogP contribution in [0, 0.1) is 18.6 Å². The zero-order chi connectivity index (χ0) is 16.8. The Balaban J connectivity index is 1.80. The van der Waals surface area contributed by atoms with Gasteiger partial charge in [0.2, 0.25) is 0 Å². The minimum absolute atomic E-state index is 0.00150. The van der Waals surface area contributed by atoms with Crippen LogP contribution < -0.4 is 10.1 Å². The second-order valence-corrected chi connectivity index (χ2v) is 5.12. The van der Waals surface area contributed by atoms with Crippen molar-refractivity contribution in [2.45, 2.75) is 13.0 Å². The number of nitrogens with one attached hydrogen (secondary N) is 1. The van der Waals surface area contributed by atoms with Crippen molar-refractivity contribution >= 4 is 5.91 Å². The molecule has 1 amide bonds. The van der Waals surface area contributed by atoms with Gasteiger partial charge in [-0.25, -0.2) is 8.78 Å². The highest BCUT2D eigenvalue weighted by Crippen LogP contribution is 2.12. The number of benzene rings is 2. The van der Waals surface area contributed by atoms with Gasteiger partial charge in [0.05, 0.1) is 0 Å². The number of carbonyl (C=O) groups excluding carboxylic acids is 1. The van der Waals surface area contributed by atoms with Gasteiger partial charge < -0.3 is 15.2 Å². The lowest BCUT2D eigenvalue weighted by Crippen LogP contribution is -2.35. The van der Waals surface area contributed by atoms with Crippen molar-refractivity contribution in [3.05, 3.63) is 65.2 Å². The Morgan fingerprint density at radius 2 is 2.00 bits per heavy atom. The Labute approximate surface area is 132 Å². The van der Waals surface area contributed by atoms with Crippen molar-refractivity contribution in [3.63, 3.8) is 0 Å². The van der Waals surface area contributed by atoms with Gasteiger partial charge in [0.1, 0.15) is 18.5 Å². The number of hydrogen-bond acceptors (Lipinski definition) is 3. The van der Waals surface area contributed by atoms with Crippen molar-refractivity contribution in [2.24, 2.45) is 0 Å². The number of ether oxygens (including phenoxy) is 1. The molecule has 0 saturated carbocycles. The lowest BCUT2D eigenvalue weighted by atomic mass is 10.2. The van der Waals surface area contributed by atoms with Crippen LogP contribution in [0.5, 0.6) is 5.75 Å². The average molecular weight is 321 g/mol. The van der Waals surface area contributed by atoms with Crippen molar-refractivity contribution in [2.75, 3.05) is 13.2 Å². The highest BCUT2D eigenvalue weighted by atomic mass is 19.2. The van der Waals surface area contributed by atoms with E-state index >= 15 is 0 Å². The van der Waals surface area contributed by atoms with Gasteiger partial charge in [-0.05, 0) is 42.8 Å². The Bertz CT molecular complexity index is 691. The number of rotatable bonds is 6. The average Bonchev–Trinajstić information content (AvgIpc) is 2.53. The maximum atomic E-state index is 13.1. The molecular formula is C17H17F2NO3. The van der Waals surface area contributed by atoms with E-state index in [2.05, 4.69) is 5.32 Å². The van der Waals surface area contributed by atoms with Gasteiger partial charge in [0, 0.05) is 12.1 Å². The molecule has 122 valence electrons. The van der Waals surface area contributed by atoms with Gasteiger partial charge in [-0.15, -0.1) is 0 Å². The summed E-state index contributed by atoms with van der Waals surface area (Å²) < 4.78 is 31.3. The molecule has 0 bridgehead atoms. The van der Waals surface area contributed by atoms with Gasteiger partial charge in [0.25, 0.3) is 5.91 Å². The van der Waals surface area contributed by atoms with E-state index in [0.717, 1.165) is 17.7 Å². The molecule has 0 spiro atoms. The second kappa shape index (κ2) is 7.69. The number of aliphatic hydroxyl groups excluding tert-OH is 1. The third-order valence-electron chi connectivity index (χ3n) is 3.11. The first-order valence-corrected chi connectivity index (χ1v) is 7.06. The van der Waals surface area contributed by atoms with Crippen LogP contribution in [-0.2, 0) is 0 Å². The van der Waals surface area contributed by atoms with Gasteiger partial charge in [-0.3, -0.25) is 4.79 Å². The topological polar surface area (TPSA) is 58.6 Å². The van der Waals surface area contributed by atoms with Crippen LogP contribution >= 0.6 is 0 Å². The molecule has 2 aromatic rings. The summed E-state index contributed by atoms with van der Waals surface area (Å²) in [6, 6.07) is 10.2. The molecule has 1 unspecified atom stereocenters. The summed E-state index contributed by atoms with van der Waals surface area (Å²) in [5, 5.41) is 12.2. The summed E-state index contributed by atoms with van der Waals surface area (Å²) in [5.74, 6) is -2.09. The lowest BCUT2D eigenvalue weighted by molar-refractivity contribution is 0.0843. The standard InChI is InChI=1S/C17H17F2NO3/c1-11-3-2-4-14(7-11)23-10-13(21)9-20-17(22)12-5-6-15(18)16(19)8-12/h2-8,13,21H,9-10H2,1H3,(H,20,22). The van der Waals surface area contributed by atoms with E-state index < -0.39 is 23.6 Å². The molecule has 0 aliphatic heterocycles. The van der Waals surface area contributed by atoms with Crippen LogP contribution in [0.3, 0.4) is 0 Å². The smallest absolute Gasteiger partial charge is 0.251 e. The molecule has 23 heavy (non-hydrogen) atoms. The third kappa shape index (κ3) is 5.03. The summed E-state index contributed by atoms with van der Waals surface area (Å²) in [6.07, 6.45) is -0.926. The molecule has 2 rings (SSSR count). The molecule has 6 heteroatoms. The predicted octanol–water partition coefficient (Wildman–Crippen LogP) is 2.44. The molecule has 0 heterocycles. The maximum Gasteiger partial charge on any atom is 0.251 e. The van der Waals surface area contributed by atoms with E-state index in [1.54, 1.807) is 6.07 Å². The summed E-state index contributed by atoms with van der Waals surface area (Å²) in [7, 11) is 0. The van der Waals surface area contributed by atoms with Crippen LogP contribution in [0.4, 0.5) is 8.78 Å². The lowest BCUT2D eigenvalue weighted by Gasteiger charge is -2.13. The van der Waals surface area contributed by atoms with Gasteiger partial charge in [-0.2, -0.15) is 0 Å². The first-order valence-electron chi connectivity index (χ1n) is 7.06. The van der Waals surface area contributed by atoms with Crippen molar-refractivity contribution in [3.8, 4) is 5.75 Å². The van der Waals surface area contributed by atoms with E-state index in [1.807, 2.05) is 25.1 Å². The van der Waals surface area contributed by atoms with Crippen LogP contribution in [0.25, 0.3) is 0 Å². The van der Waals surface area contributed by atoms with Gasteiger partial charge in [0.15, 0.2) is 11.6 Å². The fourth-order valence-corrected chi connectivity index (χ4v) is 1.91. The van der Waals surface area contributed by atoms with Crippen LogP contribution in [0.15, 0.2) is 42.5 Å². The van der Waals surface area contributed by atoms with Crippen LogP contribution in [0.2, 0.25) is 0 Å². The van der Waals surface area contributed by atoms with Crippen LogP contribution in [0.1, 0.15) is 15.9 Å². The Kier molecular flexibility index (Phi) is 5.65. The number of hydrogen-bond donors (Lipinski definition) is 2. The minimum Gasteiger partial charge on any atom is -0.491 e. The summed E-state index contributed by atoms with van der Waals surface area (Å²) >= 11 is 0. The fourth-order valence-electron chi connectivity index (χ4n) is 1.91. The molecule has 0 radical (unpaired) electrons. The predicted molar refractivity (Wildman–Crippen MR) is 81.4 cm³/mol. The second-order valence-electron chi connectivity index (χ2n) is 5.12. The van der Waals surface area contributed by atoms with Crippen molar-refractivity contribution in [1.29, 1.82) is 0 Å². The SMILES string of the molecule is Cc1cccc(OCC(O)CNC(=O)c2ccc(F)c(F)c2)c1. The molecule has 0 aliphatic rings. The quantitative estimate of drug-likeness (QED) is 0.859. The van der Waals surface area contributed by atoms with E-state index in [1.165, 1.54) is 6.07 Å².